The predicted molar refractivity (Wildman–Crippen MR) is 67.5 cm³/mol. The molecule has 0 spiro atoms. The fourth-order valence-corrected chi connectivity index (χ4v) is 2.02. The summed E-state index contributed by atoms with van der Waals surface area (Å²) < 4.78 is 5.63. The van der Waals surface area contributed by atoms with Crippen LogP contribution in [0.4, 0.5) is 5.82 Å². The maximum atomic E-state index is 5.63. The molecule has 0 bridgehead atoms. The Balaban J connectivity index is 2.09. The van der Waals surface area contributed by atoms with E-state index in [1.54, 1.807) is 12.4 Å². The normalized spacial score (nSPS) is 19.6. The zero-order chi connectivity index (χ0) is 12.1. The van der Waals surface area contributed by atoms with Gasteiger partial charge in [-0.2, -0.15) is 0 Å². The van der Waals surface area contributed by atoms with Gasteiger partial charge in [0.2, 0.25) is 0 Å². The molecule has 1 aromatic heterocycles. The number of rotatable bonds is 5. The molecular formula is C12H20N4O. The molecule has 1 aliphatic heterocycles. The summed E-state index contributed by atoms with van der Waals surface area (Å²) in [7, 11) is 2.00. The molecule has 1 atom stereocenters. The Kier molecular flexibility index (Phi) is 4.14. The van der Waals surface area contributed by atoms with Crippen molar-refractivity contribution in [2.75, 3.05) is 31.6 Å². The fourth-order valence-electron chi connectivity index (χ4n) is 2.02. The highest BCUT2D eigenvalue weighted by Crippen LogP contribution is 2.26. The first-order chi connectivity index (χ1) is 8.35. The van der Waals surface area contributed by atoms with Gasteiger partial charge in [-0.15, -0.1) is 0 Å². The molecule has 1 aromatic rings. The molecule has 94 valence electrons. The van der Waals surface area contributed by atoms with E-state index in [4.69, 9.17) is 4.74 Å². The van der Waals surface area contributed by atoms with Crippen LogP contribution in [0.1, 0.15) is 19.8 Å². The zero-order valence-electron chi connectivity index (χ0n) is 10.5. The number of hydrogen-bond acceptors (Lipinski definition) is 5. The maximum absolute atomic E-state index is 5.63. The third-order valence-electron chi connectivity index (χ3n) is 2.99. The van der Waals surface area contributed by atoms with Crippen molar-refractivity contribution in [2.24, 2.45) is 0 Å². The van der Waals surface area contributed by atoms with Gasteiger partial charge < -0.3 is 15.0 Å². The second-order valence-electron chi connectivity index (χ2n) is 4.25. The maximum Gasteiger partial charge on any atom is 0.257 e. The lowest BCUT2D eigenvalue weighted by atomic mass is 10.3. The van der Waals surface area contributed by atoms with Crippen LogP contribution in [0.2, 0.25) is 0 Å². The molecule has 2 heterocycles. The third kappa shape index (κ3) is 2.85. The molecular weight excluding hydrogens is 216 g/mol. The highest BCUT2D eigenvalue weighted by molar-refractivity contribution is 5.48. The van der Waals surface area contributed by atoms with Gasteiger partial charge in [0.15, 0.2) is 5.82 Å². The number of nitrogens with zero attached hydrogens (tertiary/aromatic N) is 3. The molecule has 0 saturated carbocycles. The van der Waals surface area contributed by atoms with Crippen molar-refractivity contribution in [1.82, 2.24) is 15.3 Å². The van der Waals surface area contributed by atoms with Crippen LogP contribution in [-0.4, -0.2) is 42.8 Å². The molecule has 1 fully saturated rings. The quantitative estimate of drug-likeness (QED) is 0.828. The summed E-state index contributed by atoms with van der Waals surface area (Å²) in [5.41, 5.74) is 0. The summed E-state index contributed by atoms with van der Waals surface area (Å²) in [6.45, 7) is 4.75. The Morgan fingerprint density at radius 1 is 1.47 bits per heavy atom. The van der Waals surface area contributed by atoms with Crippen molar-refractivity contribution in [3.05, 3.63) is 12.4 Å². The minimum atomic E-state index is 0.538. The monoisotopic (exact) mass is 236 g/mol. The Morgan fingerprint density at radius 3 is 3.00 bits per heavy atom. The van der Waals surface area contributed by atoms with Crippen molar-refractivity contribution in [2.45, 2.75) is 25.8 Å². The number of nitrogens with one attached hydrogen (secondary N) is 1. The van der Waals surface area contributed by atoms with Crippen molar-refractivity contribution in [1.29, 1.82) is 0 Å². The summed E-state index contributed by atoms with van der Waals surface area (Å²) in [4.78, 5) is 10.9. The average Bonchev–Trinajstić information content (AvgIpc) is 2.85. The first-order valence-electron chi connectivity index (χ1n) is 6.21. The number of ether oxygens (including phenoxy) is 1. The van der Waals surface area contributed by atoms with E-state index in [0.29, 0.717) is 18.5 Å². The van der Waals surface area contributed by atoms with Crippen LogP contribution in [0.5, 0.6) is 5.88 Å². The van der Waals surface area contributed by atoms with E-state index in [0.717, 1.165) is 31.7 Å². The zero-order valence-corrected chi connectivity index (χ0v) is 10.5. The summed E-state index contributed by atoms with van der Waals surface area (Å²) in [5.74, 6) is 1.53. The second-order valence-corrected chi connectivity index (χ2v) is 4.25. The molecule has 0 aliphatic carbocycles. The van der Waals surface area contributed by atoms with Crippen molar-refractivity contribution < 1.29 is 4.74 Å². The third-order valence-corrected chi connectivity index (χ3v) is 2.99. The summed E-state index contributed by atoms with van der Waals surface area (Å²) in [5, 5.41) is 3.30. The second kappa shape index (κ2) is 5.82. The Labute approximate surface area is 102 Å². The minimum Gasteiger partial charge on any atom is -0.475 e. The molecule has 5 heteroatoms. The number of hydrogen-bond donors (Lipinski definition) is 1. The average molecular weight is 236 g/mol. The van der Waals surface area contributed by atoms with Gasteiger partial charge in [0, 0.05) is 31.5 Å². The molecule has 0 aromatic carbocycles. The molecule has 1 aliphatic rings. The summed E-state index contributed by atoms with van der Waals surface area (Å²) >= 11 is 0. The van der Waals surface area contributed by atoms with E-state index in [9.17, 15) is 0 Å². The Morgan fingerprint density at radius 2 is 2.29 bits per heavy atom. The van der Waals surface area contributed by atoms with Crippen LogP contribution in [0.15, 0.2) is 12.4 Å². The van der Waals surface area contributed by atoms with E-state index < -0.39 is 0 Å². The van der Waals surface area contributed by atoms with Crippen LogP contribution >= 0.6 is 0 Å². The Hall–Kier alpha value is -1.36. The van der Waals surface area contributed by atoms with Crippen LogP contribution in [0.25, 0.3) is 0 Å². The van der Waals surface area contributed by atoms with Crippen molar-refractivity contribution in [3.8, 4) is 5.88 Å². The van der Waals surface area contributed by atoms with E-state index >= 15 is 0 Å². The Bertz CT molecular complexity index is 358. The first kappa shape index (κ1) is 12.1. The van der Waals surface area contributed by atoms with Gasteiger partial charge in [0.25, 0.3) is 5.88 Å². The number of anilines is 1. The van der Waals surface area contributed by atoms with Gasteiger partial charge in [0.05, 0.1) is 6.61 Å². The smallest absolute Gasteiger partial charge is 0.257 e. The van der Waals surface area contributed by atoms with E-state index in [1.165, 1.54) is 0 Å². The summed E-state index contributed by atoms with van der Waals surface area (Å²) in [6.07, 6.45) is 5.52. The van der Waals surface area contributed by atoms with Gasteiger partial charge in [-0.05, 0) is 19.9 Å². The SMILES string of the molecule is CCCOc1nccnc1N1CCC(NC)C1. The molecule has 5 nitrogen and oxygen atoms in total. The highest BCUT2D eigenvalue weighted by atomic mass is 16.5. The predicted octanol–water partition coefficient (Wildman–Crippen LogP) is 1.06. The van der Waals surface area contributed by atoms with Gasteiger partial charge in [0.1, 0.15) is 0 Å². The van der Waals surface area contributed by atoms with E-state index in [-0.39, 0.29) is 0 Å². The van der Waals surface area contributed by atoms with Crippen LogP contribution in [0, 0.1) is 0 Å². The molecule has 0 amide bonds. The molecule has 1 saturated heterocycles. The molecule has 1 unspecified atom stereocenters. The topological polar surface area (TPSA) is 50.3 Å². The van der Waals surface area contributed by atoms with Gasteiger partial charge in [-0.1, -0.05) is 6.92 Å². The lowest BCUT2D eigenvalue weighted by Crippen LogP contribution is -2.30. The number of likely N-dealkylation sites (N-methyl/N-ethyl adjacent to an activating group) is 1. The van der Waals surface area contributed by atoms with Gasteiger partial charge in [-0.25, -0.2) is 9.97 Å². The minimum absolute atomic E-state index is 0.538. The van der Waals surface area contributed by atoms with Gasteiger partial charge in [-0.3, -0.25) is 0 Å². The lowest BCUT2D eigenvalue weighted by Gasteiger charge is -2.19. The summed E-state index contributed by atoms with van der Waals surface area (Å²) in [6, 6.07) is 0.538. The molecule has 17 heavy (non-hydrogen) atoms. The highest BCUT2D eigenvalue weighted by Gasteiger charge is 2.24. The largest absolute Gasteiger partial charge is 0.475 e. The standard InChI is InChI=1S/C12H20N4O/c1-3-8-17-12-11(14-5-6-15-12)16-7-4-10(9-16)13-2/h5-6,10,13H,3-4,7-9H2,1-2H3. The molecule has 2 rings (SSSR count). The van der Waals surface area contributed by atoms with E-state index in [1.807, 2.05) is 7.05 Å². The number of aromatic nitrogens is 2. The van der Waals surface area contributed by atoms with E-state index in [2.05, 4.69) is 27.1 Å². The molecule has 1 N–H and O–H groups in total. The fraction of sp³-hybridized carbons (Fsp3) is 0.667. The first-order valence-corrected chi connectivity index (χ1v) is 6.21. The lowest BCUT2D eigenvalue weighted by molar-refractivity contribution is 0.304. The van der Waals surface area contributed by atoms with Crippen LogP contribution in [0.3, 0.4) is 0 Å². The van der Waals surface area contributed by atoms with Crippen LogP contribution in [-0.2, 0) is 0 Å². The van der Waals surface area contributed by atoms with Crippen molar-refractivity contribution in [3.63, 3.8) is 0 Å². The molecule has 0 radical (unpaired) electrons. The van der Waals surface area contributed by atoms with Crippen LogP contribution < -0.4 is 15.0 Å². The van der Waals surface area contributed by atoms with Crippen molar-refractivity contribution >= 4 is 5.82 Å². The van der Waals surface area contributed by atoms with Gasteiger partial charge >= 0.3 is 0 Å².